The van der Waals surface area contributed by atoms with Gasteiger partial charge in [0.05, 0.1) is 12.0 Å². The Morgan fingerprint density at radius 3 is 2.84 bits per heavy atom. The zero-order valence-electron chi connectivity index (χ0n) is 13.7. The van der Waals surface area contributed by atoms with Crippen molar-refractivity contribution in [1.29, 1.82) is 0 Å². The van der Waals surface area contributed by atoms with Gasteiger partial charge in [0.1, 0.15) is 5.82 Å². The summed E-state index contributed by atoms with van der Waals surface area (Å²) in [5.41, 5.74) is 0.283. The van der Waals surface area contributed by atoms with Gasteiger partial charge in [0.15, 0.2) is 0 Å². The van der Waals surface area contributed by atoms with Crippen molar-refractivity contribution < 1.29 is 23.1 Å². The predicted molar refractivity (Wildman–Crippen MR) is 89.2 cm³/mol. The van der Waals surface area contributed by atoms with Gasteiger partial charge < -0.3 is 10.4 Å². The molecular formula is C18H21F3N2O2. The minimum atomic E-state index is -4.40. The van der Waals surface area contributed by atoms with Crippen molar-refractivity contribution in [2.24, 2.45) is 5.92 Å². The molecule has 0 spiro atoms. The Morgan fingerprint density at radius 2 is 2.20 bits per heavy atom. The fourth-order valence-corrected chi connectivity index (χ4v) is 2.88. The molecule has 4 nitrogen and oxygen atoms in total. The lowest BCUT2D eigenvalue weighted by molar-refractivity contribution is -0.132. The van der Waals surface area contributed by atoms with Crippen LogP contribution in [0.2, 0.25) is 0 Å². The minimum absolute atomic E-state index is 0.147. The van der Waals surface area contributed by atoms with Crippen LogP contribution in [0.3, 0.4) is 0 Å². The van der Waals surface area contributed by atoms with E-state index in [1.165, 1.54) is 0 Å². The van der Waals surface area contributed by atoms with Crippen molar-refractivity contribution in [3.63, 3.8) is 0 Å². The number of nitrogens with one attached hydrogen (secondary N) is 1. The highest BCUT2D eigenvalue weighted by atomic mass is 19.4. The summed E-state index contributed by atoms with van der Waals surface area (Å²) < 4.78 is 37.1. The van der Waals surface area contributed by atoms with Crippen LogP contribution in [0.5, 0.6) is 0 Å². The van der Waals surface area contributed by atoms with Gasteiger partial charge in [-0.15, -0.1) is 0 Å². The van der Waals surface area contributed by atoms with Crippen molar-refractivity contribution >= 4 is 11.8 Å². The SMILES string of the molecule is O=C(O)C(=CCC(F)(F)F)C1=CC(CCNc2ccccn2)CCC1. The smallest absolute Gasteiger partial charge is 0.392 e. The van der Waals surface area contributed by atoms with Crippen LogP contribution in [0.4, 0.5) is 19.0 Å². The molecular weight excluding hydrogens is 333 g/mol. The number of hydrogen-bond acceptors (Lipinski definition) is 3. The van der Waals surface area contributed by atoms with Gasteiger partial charge in [-0.05, 0) is 49.3 Å². The van der Waals surface area contributed by atoms with E-state index in [0.717, 1.165) is 31.2 Å². The molecule has 7 heteroatoms. The fourth-order valence-electron chi connectivity index (χ4n) is 2.88. The minimum Gasteiger partial charge on any atom is -0.478 e. The lowest BCUT2D eigenvalue weighted by atomic mass is 9.85. The van der Waals surface area contributed by atoms with Crippen LogP contribution in [-0.4, -0.2) is 28.8 Å². The Labute approximate surface area is 144 Å². The first-order chi connectivity index (χ1) is 11.8. The maximum Gasteiger partial charge on any atom is 0.392 e. The van der Waals surface area contributed by atoms with Crippen molar-refractivity contribution in [3.8, 4) is 0 Å². The Morgan fingerprint density at radius 1 is 1.40 bits per heavy atom. The van der Waals surface area contributed by atoms with Crippen LogP contribution in [0.25, 0.3) is 0 Å². The molecule has 136 valence electrons. The molecule has 0 bridgehead atoms. The molecule has 0 saturated carbocycles. The van der Waals surface area contributed by atoms with E-state index in [4.69, 9.17) is 0 Å². The Bertz CT molecular complexity index is 639. The number of pyridine rings is 1. The van der Waals surface area contributed by atoms with E-state index in [0.29, 0.717) is 18.5 Å². The monoisotopic (exact) mass is 354 g/mol. The summed E-state index contributed by atoms with van der Waals surface area (Å²) in [5.74, 6) is -0.393. The number of carboxylic acids is 1. The van der Waals surface area contributed by atoms with Gasteiger partial charge in [0.25, 0.3) is 0 Å². The second kappa shape index (κ2) is 8.69. The van der Waals surface area contributed by atoms with Gasteiger partial charge >= 0.3 is 12.1 Å². The fraction of sp³-hybridized carbons (Fsp3) is 0.444. The second-order valence-corrected chi connectivity index (χ2v) is 6.02. The number of allylic oxidation sites excluding steroid dienone is 2. The summed E-state index contributed by atoms with van der Waals surface area (Å²) in [7, 11) is 0. The number of hydrogen-bond donors (Lipinski definition) is 2. The maximum atomic E-state index is 12.4. The quantitative estimate of drug-likeness (QED) is 0.704. The number of alkyl halides is 3. The highest BCUT2D eigenvalue weighted by molar-refractivity contribution is 5.91. The molecule has 1 heterocycles. The van der Waals surface area contributed by atoms with Crippen LogP contribution in [0.1, 0.15) is 32.1 Å². The van der Waals surface area contributed by atoms with Crippen molar-refractivity contribution in [2.75, 3.05) is 11.9 Å². The molecule has 1 aromatic rings. The first kappa shape index (κ1) is 19.0. The number of aromatic nitrogens is 1. The molecule has 1 aromatic heterocycles. The summed E-state index contributed by atoms with van der Waals surface area (Å²) in [6, 6.07) is 5.55. The third-order valence-corrected chi connectivity index (χ3v) is 4.06. The number of halogens is 3. The average Bonchev–Trinajstić information content (AvgIpc) is 2.55. The first-order valence-electron chi connectivity index (χ1n) is 8.21. The Kier molecular flexibility index (Phi) is 6.61. The molecule has 0 fully saturated rings. The van der Waals surface area contributed by atoms with Gasteiger partial charge in [-0.2, -0.15) is 13.2 Å². The highest BCUT2D eigenvalue weighted by Gasteiger charge is 2.27. The van der Waals surface area contributed by atoms with Crippen molar-refractivity contribution in [3.05, 3.63) is 47.7 Å². The summed E-state index contributed by atoms with van der Waals surface area (Å²) >= 11 is 0. The number of aliphatic carboxylic acids is 1. The first-order valence-corrected chi connectivity index (χ1v) is 8.21. The lowest BCUT2D eigenvalue weighted by Gasteiger charge is -2.22. The van der Waals surface area contributed by atoms with E-state index in [9.17, 15) is 23.1 Å². The summed E-state index contributed by atoms with van der Waals surface area (Å²) in [6.07, 6.45) is 1.61. The summed E-state index contributed by atoms with van der Waals surface area (Å²) in [4.78, 5) is 15.5. The molecule has 0 saturated heterocycles. The Hall–Kier alpha value is -2.31. The molecule has 1 aliphatic carbocycles. The van der Waals surface area contributed by atoms with Crippen LogP contribution < -0.4 is 5.32 Å². The molecule has 0 amide bonds. The summed E-state index contributed by atoms with van der Waals surface area (Å²) in [6.45, 7) is 0.667. The van der Waals surface area contributed by atoms with Gasteiger partial charge in [-0.1, -0.05) is 18.2 Å². The van der Waals surface area contributed by atoms with E-state index in [-0.39, 0.29) is 11.5 Å². The van der Waals surface area contributed by atoms with Crippen LogP contribution in [-0.2, 0) is 4.79 Å². The zero-order chi connectivity index (χ0) is 18.3. The topological polar surface area (TPSA) is 62.2 Å². The molecule has 1 unspecified atom stereocenters. The molecule has 25 heavy (non-hydrogen) atoms. The standard InChI is InChI=1S/C18H21F3N2O2/c19-18(20,21)9-7-15(17(24)25)14-5-3-4-13(12-14)8-11-23-16-6-1-2-10-22-16/h1-2,6-7,10,12-13H,3-5,8-9,11H2,(H,22,23)(H,24,25). The lowest BCUT2D eigenvalue weighted by Crippen LogP contribution is -2.15. The highest BCUT2D eigenvalue weighted by Crippen LogP contribution is 2.31. The molecule has 0 aliphatic heterocycles. The van der Waals surface area contributed by atoms with E-state index < -0.39 is 18.6 Å². The largest absolute Gasteiger partial charge is 0.478 e. The normalized spacial score (nSPS) is 18.6. The van der Waals surface area contributed by atoms with Crippen LogP contribution in [0, 0.1) is 5.92 Å². The Balaban J connectivity index is 1.98. The van der Waals surface area contributed by atoms with E-state index in [2.05, 4.69) is 10.3 Å². The predicted octanol–water partition coefficient (Wildman–Crippen LogP) is 4.57. The van der Waals surface area contributed by atoms with Crippen molar-refractivity contribution in [2.45, 2.75) is 38.3 Å². The summed E-state index contributed by atoms with van der Waals surface area (Å²) in [5, 5.41) is 12.4. The van der Waals surface area contributed by atoms with E-state index >= 15 is 0 Å². The third kappa shape index (κ3) is 6.60. The van der Waals surface area contributed by atoms with Crippen LogP contribution in [0.15, 0.2) is 47.7 Å². The van der Waals surface area contributed by atoms with Crippen LogP contribution >= 0.6 is 0 Å². The molecule has 2 N–H and O–H groups in total. The maximum absolute atomic E-state index is 12.4. The van der Waals surface area contributed by atoms with Gasteiger partial charge in [0.2, 0.25) is 0 Å². The zero-order valence-corrected chi connectivity index (χ0v) is 13.7. The van der Waals surface area contributed by atoms with Gasteiger partial charge in [0, 0.05) is 12.7 Å². The second-order valence-electron chi connectivity index (χ2n) is 6.02. The van der Waals surface area contributed by atoms with Crippen molar-refractivity contribution in [1.82, 2.24) is 4.98 Å². The number of nitrogens with zero attached hydrogens (tertiary/aromatic N) is 1. The van der Waals surface area contributed by atoms with E-state index in [1.54, 1.807) is 6.20 Å². The number of carbonyl (C=O) groups is 1. The van der Waals surface area contributed by atoms with Gasteiger partial charge in [-0.25, -0.2) is 9.78 Å². The number of carboxylic acid groups (broad SMARTS) is 1. The molecule has 0 aromatic carbocycles. The number of rotatable bonds is 7. The number of anilines is 1. The third-order valence-electron chi connectivity index (χ3n) is 4.06. The van der Waals surface area contributed by atoms with Gasteiger partial charge in [-0.3, -0.25) is 0 Å². The molecule has 0 radical (unpaired) electrons. The van der Waals surface area contributed by atoms with E-state index in [1.807, 2.05) is 24.3 Å². The molecule has 1 atom stereocenters. The average molecular weight is 354 g/mol. The molecule has 1 aliphatic rings. The molecule has 2 rings (SSSR count).